The van der Waals surface area contributed by atoms with Gasteiger partial charge in [0.25, 0.3) is 0 Å². The predicted molar refractivity (Wildman–Crippen MR) is 392 cm³/mol. The van der Waals surface area contributed by atoms with Gasteiger partial charge in [0.1, 0.15) is 48.8 Å². The monoisotopic (exact) mass is 1350 g/mol. The Morgan fingerprint density at radius 1 is 0.368 bits per heavy atom. The van der Waals surface area contributed by atoms with Gasteiger partial charge in [-0.1, -0.05) is 365 Å². The molecule has 0 radical (unpaired) electrons. The topological polar surface area (TPSA) is 228 Å². The molecule has 2 heterocycles. The number of aliphatic hydroxyl groups excluding tert-OH is 8. The Labute approximate surface area is 582 Å². The normalized spacial score (nSPS) is 22.5. The molecule has 0 saturated carbocycles. The van der Waals surface area contributed by atoms with E-state index in [4.69, 9.17) is 18.9 Å². The Morgan fingerprint density at radius 2 is 0.674 bits per heavy atom. The van der Waals surface area contributed by atoms with Gasteiger partial charge >= 0.3 is 0 Å². The molecule has 2 saturated heterocycles. The van der Waals surface area contributed by atoms with Crippen molar-refractivity contribution in [1.29, 1.82) is 0 Å². The van der Waals surface area contributed by atoms with Crippen LogP contribution in [-0.2, 0) is 23.7 Å². The van der Waals surface area contributed by atoms with Gasteiger partial charge < -0.3 is 65.1 Å². The molecule has 14 nitrogen and oxygen atoms in total. The highest BCUT2D eigenvalue weighted by Gasteiger charge is 2.51. The van der Waals surface area contributed by atoms with Crippen molar-refractivity contribution in [2.75, 3.05) is 19.8 Å². The first kappa shape index (κ1) is 89.3. The maximum Gasteiger partial charge on any atom is 0.220 e. The molecule has 2 rings (SSSR count). The van der Waals surface area contributed by atoms with Crippen molar-refractivity contribution in [3.05, 3.63) is 36.5 Å². The van der Waals surface area contributed by atoms with Crippen molar-refractivity contribution < 1.29 is 64.6 Å². The first-order valence-corrected chi connectivity index (χ1v) is 40.7. The van der Waals surface area contributed by atoms with Crippen LogP contribution < -0.4 is 5.32 Å². The number of hydrogen-bond acceptors (Lipinski definition) is 13. The molecular formula is C81H153NO13. The molecule has 2 fully saturated rings. The second kappa shape index (κ2) is 65.5. The maximum absolute atomic E-state index is 13.4. The van der Waals surface area contributed by atoms with Crippen LogP contribution in [0.5, 0.6) is 0 Å². The molecule has 0 aromatic heterocycles. The highest BCUT2D eigenvalue weighted by atomic mass is 16.7. The third-order valence-electron chi connectivity index (χ3n) is 20.1. The number of hydrogen-bond donors (Lipinski definition) is 9. The van der Waals surface area contributed by atoms with Gasteiger partial charge in [0.2, 0.25) is 5.91 Å². The van der Waals surface area contributed by atoms with Gasteiger partial charge in [-0.05, 0) is 44.9 Å². The minimum Gasteiger partial charge on any atom is -0.394 e. The average Bonchev–Trinajstić information content (AvgIpc) is 0.801. The fraction of sp³-hybridized carbons (Fsp3) is 0.914. The Balaban J connectivity index is 1.63. The standard InChI is InChI=1S/C81H153NO13/c1-3-5-7-9-11-13-15-17-19-21-23-25-27-29-31-33-35-37-39-41-43-45-47-49-51-53-55-57-59-61-63-65-73(86)82-69(68-92-80-78(91)76(89)79(72(67-84)94-80)95-81-77(90)75(88)74(87)71(66-83)93-81)70(85)64-62-60-58-56-54-52-50-48-46-44-42-40-38-36-34-32-30-28-26-24-22-20-18-16-14-12-10-8-6-4-2/h46,48,54,56,62,64,69-72,74-81,83-85,87-91H,3-45,47,49-53,55,57-61,63,65-68H2,1-2H3,(H,82,86)/b48-46+,56-54+,64-62+. The summed E-state index contributed by atoms with van der Waals surface area (Å²) in [5.41, 5.74) is 0. The molecule has 12 unspecified atom stereocenters. The average molecular weight is 1350 g/mol. The van der Waals surface area contributed by atoms with Crippen molar-refractivity contribution in [3.8, 4) is 0 Å². The molecule has 560 valence electrons. The summed E-state index contributed by atoms with van der Waals surface area (Å²) < 4.78 is 22.9. The van der Waals surface area contributed by atoms with E-state index in [1.54, 1.807) is 6.08 Å². The van der Waals surface area contributed by atoms with Gasteiger partial charge in [-0.2, -0.15) is 0 Å². The first-order chi connectivity index (χ1) is 46.6. The summed E-state index contributed by atoms with van der Waals surface area (Å²) in [7, 11) is 0. The molecule has 9 N–H and O–H groups in total. The van der Waals surface area contributed by atoms with Crippen LogP contribution in [0, 0.1) is 0 Å². The predicted octanol–water partition coefficient (Wildman–Crippen LogP) is 18.4. The van der Waals surface area contributed by atoms with Crippen LogP contribution >= 0.6 is 0 Å². The number of allylic oxidation sites excluding steroid dienone is 5. The SMILES string of the molecule is CCCCCCCCCCCCCCCCCCCCCC/C=C/CC/C=C/CC/C=C/C(O)C(COC1OC(CO)C(OC2OC(CO)C(O)C(O)C2O)C(O)C1O)NC(=O)CCCCCCCCCCCCCCCCCCCCCCCCCCCCCCCCC. The lowest BCUT2D eigenvalue weighted by Gasteiger charge is -2.46. The van der Waals surface area contributed by atoms with Crippen LogP contribution in [0.3, 0.4) is 0 Å². The highest BCUT2D eigenvalue weighted by molar-refractivity contribution is 5.76. The van der Waals surface area contributed by atoms with Gasteiger partial charge in [-0.15, -0.1) is 0 Å². The van der Waals surface area contributed by atoms with Crippen LogP contribution in [0.15, 0.2) is 36.5 Å². The molecule has 0 aliphatic carbocycles. The summed E-state index contributed by atoms with van der Waals surface area (Å²) in [5, 5.41) is 87.6. The number of amides is 1. The van der Waals surface area contributed by atoms with E-state index in [-0.39, 0.29) is 18.9 Å². The third-order valence-corrected chi connectivity index (χ3v) is 20.1. The number of nitrogens with one attached hydrogen (secondary N) is 1. The van der Waals surface area contributed by atoms with E-state index in [0.717, 1.165) is 44.9 Å². The molecule has 0 bridgehead atoms. The van der Waals surface area contributed by atoms with E-state index in [9.17, 15) is 45.6 Å². The minimum absolute atomic E-state index is 0.245. The van der Waals surface area contributed by atoms with E-state index in [2.05, 4.69) is 43.5 Å². The summed E-state index contributed by atoms with van der Waals surface area (Å²) in [6.45, 7) is 2.85. The third kappa shape index (κ3) is 48.6. The lowest BCUT2D eigenvalue weighted by Crippen LogP contribution is -2.65. The number of carbonyl (C=O) groups excluding carboxylic acids is 1. The zero-order valence-corrected chi connectivity index (χ0v) is 61.4. The Hall–Kier alpha value is -1.79. The summed E-state index contributed by atoms with van der Waals surface area (Å²) in [5.74, 6) is -0.245. The van der Waals surface area contributed by atoms with Crippen molar-refractivity contribution in [3.63, 3.8) is 0 Å². The van der Waals surface area contributed by atoms with Crippen molar-refractivity contribution in [1.82, 2.24) is 5.32 Å². The molecule has 2 aliphatic heterocycles. The van der Waals surface area contributed by atoms with Crippen LogP contribution in [0.2, 0.25) is 0 Å². The quantitative estimate of drug-likeness (QED) is 0.0204. The Kier molecular flexibility index (Phi) is 61.6. The Morgan fingerprint density at radius 3 is 1.03 bits per heavy atom. The number of carbonyl (C=O) groups is 1. The lowest BCUT2D eigenvalue weighted by atomic mass is 9.97. The summed E-state index contributed by atoms with van der Waals surface area (Å²) in [6.07, 6.45) is 69.6. The molecule has 0 spiro atoms. The number of ether oxygens (including phenoxy) is 4. The zero-order chi connectivity index (χ0) is 68.7. The fourth-order valence-electron chi connectivity index (χ4n) is 13.6. The van der Waals surface area contributed by atoms with E-state index in [1.807, 2.05) is 6.08 Å². The fourth-order valence-corrected chi connectivity index (χ4v) is 13.6. The van der Waals surface area contributed by atoms with E-state index in [0.29, 0.717) is 12.8 Å². The van der Waals surface area contributed by atoms with E-state index >= 15 is 0 Å². The van der Waals surface area contributed by atoms with Gasteiger partial charge in [0, 0.05) is 6.42 Å². The van der Waals surface area contributed by atoms with Crippen molar-refractivity contribution >= 4 is 5.91 Å². The summed E-state index contributed by atoms with van der Waals surface area (Å²) in [6, 6.07) is -0.938. The zero-order valence-electron chi connectivity index (χ0n) is 61.4. The van der Waals surface area contributed by atoms with E-state index < -0.39 is 86.8 Å². The number of unbranched alkanes of at least 4 members (excludes halogenated alkanes) is 52. The molecule has 95 heavy (non-hydrogen) atoms. The molecule has 0 aromatic carbocycles. The van der Waals surface area contributed by atoms with Crippen LogP contribution in [0.4, 0.5) is 0 Å². The Bertz CT molecular complexity index is 1730. The van der Waals surface area contributed by atoms with Crippen LogP contribution in [-0.4, -0.2) is 140 Å². The second-order valence-electron chi connectivity index (χ2n) is 28.9. The van der Waals surface area contributed by atoms with Gasteiger partial charge in [-0.3, -0.25) is 4.79 Å². The molecule has 1 amide bonds. The molecular weight excluding hydrogens is 1190 g/mol. The largest absolute Gasteiger partial charge is 0.394 e. The highest BCUT2D eigenvalue weighted by Crippen LogP contribution is 2.30. The van der Waals surface area contributed by atoms with Gasteiger partial charge in [-0.25, -0.2) is 0 Å². The molecule has 14 heteroatoms. The summed E-state index contributed by atoms with van der Waals surface area (Å²) in [4.78, 5) is 13.4. The van der Waals surface area contributed by atoms with Crippen LogP contribution in [0.25, 0.3) is 0 Å². The van der Waals surface area contributed by atoms with Gasteiger partial charge in [0.05, 0.1) is 32.0 Å². The maximum atomic E-state index is 13.4. The number of rotatable bonds is 69. The van der Waals surface area contributed by atoms with Crippen LogP contribution in [0.1, 0.15) is 380 Å². The van der Waals surface area contributed by atoms with E-state index in [1.165, 1.54) is 302 Å². The van der Waals surface area contributed by atoms with Gasteiger partial charge in [0.15, 0.2) is 12.6 Å². The molecule has 12 atom stereocenters. The molecule has 2 aliphatic rings. The van der Waals surface area contributed by atoms with Crippen molar-refractivity contribution in [2.45, 2.75) is 453 Å². The lowest BCUT2D eigenvalue weighted by molar-refractivity contribution is -0.359. The van der Waals surface area contributed by atoms with Crippen molar-refractivity contribution in [2.24, 2.45) is 0 Å². The number of aliphatic hydroxyl groups is 8. The summed E-state index contributed by atoms with van der Waals surface area (Å²) >= 11 is 0. The first-order valence-electron chi connectivity index (χ1n) is 40.7. The second-order valence-corrected chi connectivity index (χ2v) is 28.9. The smallest absolute Gasteiger partial charge is 0.220 e. The molecule has 0 aromatic rings. The minimum atomic E-state index is -1.79.